The Kier molecular flexibility index (Phi) is 3.88. The molecular weight excluding hydrogens is 322 g/mol. The van der Waals surface area contributed by atoms with E-state index >= 15 is 0 Å². The molecule has 9 heteroatoms. The highest BCUT2D eigenvalue weighted by Gasteiger charge is 2.21. The molecule has 2 aromatic heterocycles. The highest BCUT2D eigenvalue weighted by Crippen LogP contribution is 2.20. The molecule has 2 amide bonds. The summed E-state index contributed by atoms with van der Waals surface area (Å²) in [6, 6.07) is 7.04. The summed E-state index contributed by atoms with van der Waals surface area (Å²) < 4.78 is 7.21. The van der Waals surface area contributed by atoms with E-state index in [2.05, 4.69) is 30.9 Å². The SMILES string of the molecule is Cc1nnc(-c2ccc(NC(=O)N[C@H]3CCc4ncnn4C3)cc2)o1. The lowest BCUT2D eigenvalue weighted by atomic mass is 10.1. The molecule has 3 aromatic rings. The van der Waals surface area contributed by atoms with Crippen molar-refractivity contribution in [1.29, 1.82) is 0 Å². The third kappa shape index (κ3) is 3.35. The van der Waals surface area contributed by atoms with Gasteiger partial charge < -0.3 is 15.1 Å². The van der Waals surface area contributed by atoms with Gasteiger partial charge in [-0.3, -0.25) is 0 Å². The molecule has 0 saturated heterocycles. The molecule has 4 rings (SSSR count). The molecule has 9 nitrogen and oxygen atoms in total. The molecule has 0 aliphatic carbocycles. The summed E-state index contributed by atoms with van der Waals surface area (Å²) >= 11 is 0. The average molecular weight is 339 g/mol. The van der Waals surface area contributed by atoms with Gasteiger partial charge >= 0.3 is 6.03 Å². The highest BCUT2D eigenvalue weighted by molar-refractivity contribution is 5.89. The third-order valence-electron chi connectivity index (χ3n) is 4.06. The quantitative estimate of drug-likeness (QED) is 0.752. The molecule has 1 atom stereocenters. The van der Waals surface area contributed by atoms with Crippen molar-refractivity contribution in [1.82, 2.24) is 30.3 Å². The zero-order valence-corrected chi connectivity index (χ0v) is 13.6. The van der Waals surface area contributed by atoms with Gasteiger partial charge in [-0.05, 0) is 30.7 Å². The van der Waals surface area contributed by atoms with Crippen molar-refractivity contribution in [2.45, 2.75) is 32.4 Å². The van der Waals surface area contributed by atoms with E-state index in [1.54, 1.807) is 25.4 Å². The molecule has 128 valence electrons. The van der Waals surface area contributed by atoms with Crippen LogP contribution < -0.4 is 10.6 Å². The van der Waals surface area contributed by atoms with E-state index < -0.39 is 0 Å². The summed E-state index contributed by atoms with van der Waals surface area (Å²) in [7, 11) is 0. The maximum atomic E-state index is 12.2. The number of nitrogens with zero attached hydrogens (tertiary/aromatic N) is 5. The van der Waals surface area contributed by atoms with Crippen LogP contribution in [0.4, 0.5) is 10.5 Å². The minimum atomic E-state index is -0.241. The highest BCUT2D eigenvalue weighted by atomic mass is 16.4. The third-order valence-corrected chi connectivity index (χ3v) is 4.06. The summed E-state index contributed by atoms with van der Waals surface area (Å²) in [6.07, 6.45) is 3.20. The zero-order valence-electron chi connectivity index (χ0n) is 13.6. The Hall–Kier alpha value is -3.23. The van der Waals surface area contributed by atoms with Crippen LogP contribution >= 0.6 is 0 Å². The lowest BCUT2D eigenvalue weighted by molar-refractivity contribution is 0.243. The number of rotatable bonds is 3. The maximum Gasteiger partial charge on any atom is 0.319 e. The smallest absolute Gasteiger partial charge is 0.319 e. The second-order valence-corrected chi connectivity index (χ2v) is 5.90. The first-order chi connectivity index (χ1) is 12.2. The number of hydrogen-bond donors (Lipinski definition) is 2. The lowest BCUT2D eigenvalue weighted by Gasteiger charge is -2.23. The van der Waals surface area contributed by atoms with Crippen LogP contribution in [0.3, 0.4) is 0 Å². The summed E-state index contributed by atoms with van der Waals surface area (Å²) in [5.74, 6) is 1.93. The Morgan fingerprint density at radius 2 is 2.12 bits per heavy atom. The molecule has 1 aliphatic rings. The summed E-state index contributed by atoms with van der Waals surface area (Å²) in [6.45, 7) is 2.38. The van der Waals surface area contributed by atoms with Crippen LogP contribution in [-0.4, -0.2) is 37.0 Å². The van der Waals surface area contributed by atoms with Crippen molar-refractivity contribution in [3.63, 3.8) is 0 Å². The second kappa shape index (κ2) is 6.34. The fourth-order valence-electron chi connectivity index (χ4n) is 2.82. The minimum absolute atomic E-state index is 0.0369. The van der Waals surface area contributed by atoms with Crippen molar-refractivity contribution in [3.8, 4) is 11.5 Å². The van der Waals surface area contributed by atoms with E-state index in [0.717, 1.165) is 24.2 Å². The molecule has 0 fully saturated rings. The van der Waals surface area contributed by atoms with Gasteiger partial charge in [0, 0.05) is 24.6 Å². The summed E-state index contributed by atoms with van der Waals surface area (Å²) in [4.78, 5) is 16.4. The first-order valence-corrected chi connectivity index (χ1v) is 8.02. The number of carbonyl (C=O) groups is 1. The Balaban J connectivity index is 1.35. The second-order valence-electron chi connectivity index (χ2n) is 5.90. The molecule has 0 radical (unpaired) electrons. The van der Waals surface area contributed by atoms with Gasteiger partial charge in [0.2, 0.25) is 11.8 Å². The molecular formula is C16H17N7O2. The van der Waals surface area contributed by atoms with Gasteiger partial charge in [-0.15, -0.1) is 10.2 Å². The van der Waals surface area contributed by atoms with Gasteiger partial charge in [-0.1, -0.05) is 0 Å². The number of nitrogens with one attached hydrogen (secondary N) is 2. The number of aryl methyl sites for hydroxylation is 2. The molecule has 1 aliphatic heterocycles. The number of carbonyl (C=O) groups excluding carboxylic acids is 1. The molecule has 0 unspecified atom stereocenters. The number of hydrogen-bond acceptors (Lipinski definition) is 6. The van der Waals surface area contributed by atoms with Crippen LogP contribution in [0.2, 0.25) is 0 Å². The van der Waals surface area contributed by atoms with Crippen molar-refractivity contribution in [3.05, 3.63) is 42.3 Å². The van der Waals surface area contributed by atoms with Crippen molar-refractivity contribution in [2.75, 3.05) is 5.32 Å². The first kappa shape index (κ1) is 15.3. The Morgan fingerprint density at radius 3 is 2.88 bits per heavy atom. The largest absolute Gasteiger partial charge is 0.421 e. The van der Waals surface area contributed by atoms with Crippen LogP contribution in [0.1, 0.15) is 18.1 Å². The summed E-state index contributed by atoms with van der Waals surface area (Å²) in [5.41, 5.74) is 1.49. The fraction of sp³-hybridized carbons (Fsp3) is 0.312. The van der Waals surface area contributed by atoms with Crippen LogP contribution in [0, 0.1) is 6.92 Å². The number of urea groups is 1. The Bertz CT molecular complexity index is 884. The lowest BCUT2D eigenvalue weighted by Crippen LogP contribution is -2.43. The van der Waals surface area contributed by atoms with Gasteiger partial charge in [0.15, 0.2) is 0 Å². The topological polar surface area (TPSA) is 111 Å². The molecule has 2 N–H and O–H groups in total. The molecule has 0 bridgehead atoms. The van der Waals surface area contributed by atoms with Gasteiger partial charge in [-0.2, -0.15) is 5.10 Å². The van der Waals surface area contributed by atoms with E-state index in [4.69, 9.17) is 4.42 Å². The van der Waals surface area contributed by atoms with E-state index in [1.807, 2.05) is 16.8 Å². The molecule has 1 aromatic carbocycles. The number of aromatic nitrogens is 5. The number of benzene rings is 1. The normalized spacial score (nSPS) is 16.3. The predicted octanol–water partition coefficient (Wildman–Crippen LogP) is 1.77. The molecule has 3 heterocycles. The van der Waals surface area contributed by atoms with E-state index in [1.165, 1.54) is 0 Å². The van der Waals surface area contributed by atoms with Gasteiger partial charge in [0.05, 0.1) is 12.6 Å². The fourth-order valence-corrected chi connectivity index (χ4v) is 2.82. The summed E-state index contributed by atoms with van der Waals surface area (Å²) in [5, 5.41) is 17.7. The van der Waals surface area contributed by atoms with Crippen LogP contribution in [0.15, 0.2) is 35.0 Å². The number of amides is 2. The standard InChI is InChI=1S/C16H17N7O2/c1-10-21-22-15(25-10)11-2-4-12(5-3-11)19-16(24)20-13-6-7-14-17-9-18-23(14)8-13/h2-5,9,13H,6-8H2,1H3,(H2,19,20,24)/t13-/m0/s1. The number of fused-ring (bicyclic) bond motifs is 1. The van der Waals surface area contributed by atoms with Crippen LogP contribution in [0.5, 0.6) is 0 Å². The molecule has 0 saturated carbocycles. The van der Waals surface area contributed by atoms with Crippen LogP contribution in [-0.2, 0) is 13.0 Å². The van der Waals surface area contributed by atoms with Crippen molar-refractivity contribution >= 4 is 11.7 Å². The van der Waals surface area contributed by atoms with Gasteiger partial charge in [-0.25, -0.2) is 14.5 Å². The maximum absolute atomic E-state index is 12.2. The van der Waals surface area contributed by atoms with E-state index in [-0.39, 0.29) is 12.1 Å². The minimum Gasteiger partial charge on any atom is -0.421 e. The first-order valence-electron chi connectivity index (χ1n) is 8.02. The Morgan fingerprint density at radius 1 is 1.28 bits per heavy atom. The predicted molar refractivity (Wildman–Crippen MR) is 88.8 cm³/mol. The Labute approximate surface area is 143 Å². The zero-order chi connectivity index (χ0) is 17.2. The molecule has 0 spiro atoms. The van der Waals surface area contributed by atoms with Crippen LogP contribution in [0.25, 0.3) is 11.5 Å². The van der Waals surface area contributed by atoms with Crippen molar-refractivity contribution in [2.24, 2.45) is 0 Å². The van der Waals surface area contributed by atoms with E-state index in [9.17, 15) is 4.79 Å². The number of anilines is 1. The van der Waals surface area contributed by atoms with Crippen molar-refractivity contribution < 1.29 is 9.21 Å². The van der Waals surface area contributed by atoms with Gasteiger partial charge in [0.25, 0.3) is 0 Å². The van der Waals surface area contributed by atoms with E-state index in [0.29, 0.717) is 24.0 Å². The van der Waals surface area contributed by atoms with Gasteiger partial charge in [0.1, 0.15) is 12.2 Å². The monoisotopic (exact) mass is 339 g/mol. The average Bonchev–Trinajstić information content (AvgIpc) is 3.24. The molecule has 25 heavy (non-hydrogen) atoms.